The van der Waals surface area contributed by atoms with Crippen LogP contribution in [0.25, 0.3) is 0 Å². The van der Waals surface area contributed by atoms with E-state index in [1.807, 2.05) is 0 Å². The third-order valence-electron chi connectivity index (χ3n) is 3.00. The van der Waals surface area contributed by atoms with E-state index in [2.05, 4.69) is 36.6 Å². The summed E-state index contributed by atoms with van der Waals surface area (Å²) >= 11 is 0. The minimum Gasteiger partial charge on any atom is -0.382 e. The molecule has 0 aromatic rings. The normalized spacial score (nSPS) is 32.1. The summed E-state index contributed by atoms with van der Waals surface area (Å²) in [7, 11) is 0. The van der Waals surface area contributed by atoms with Crippen LogP contribution in [0.1, 0.15) is 26.7 Å². The Kier molecular flexibility index (Phi) is 2.92. The third kappa shape index (κ3) is 2.38. The zero-order valence-electron chi connectivity index (χ0n) is 9.14. The first-order chi connectivity index (χ1) is 6.74. The molecule has 0 bridgehead atoms. The van der Waals surface area contributed by atoms with E-state index < -0.39 is 0 Å². The smallest absolute Gasteiger partial charge is 0.0418 e. The molecular formula is C12H20N2. The summed E-state index contributed by atoms with van der Waals surface area (Å²) < 4.78 is 0. The number of nitrogens with one attached hydrogen (secondary N) is 2. The van der Waals surface area contributed by atoms with Crippen molar-refractivity contribution in [3.8, 4) is 0 Å². The van der Waals surface area contributed by atoms with Gasteiger partial charge in [-0.2, -0.15) is 0 Å². The highest BCUT2D eigenvalue weighted by molar-refractivity contribution is 5.27. The van der Waals surface area contributed by atoms with Crippen LogP contribution in [0.5, 0.6) is 0 Å². The molecule has 1 fully saturated rings. The van der Waals surface area contributed by atoms with Gasteiger partial charge in [0.25, 0.3) is 0 Å². The van der Waals surface area contributed by atoms with Gasteiger partial charge in [0.2, 0.25) is 0 Å². The zero-order chi connectivity index (χ0) is 9.97. The molecule has 0 spiro atoms. The molecule has 2 nitrogen and oxygen atoms in total. The highest BCUT2D eigenvalue weighted by Gasteiger charge is 2.17. The van der Waals surface area contributed by atoms with Crippen LogP contribution in [0.15, 0.2) is 23.4 Å². The summed E-state index contributed by atoms with van der Waals surface area (Å²) in [5.74, 6) is 0.840. The van der Waals surface area contributed by atoms with Gasteiger partial charge < -0.3 is 10.6 Å². The number of allylic oxidation sites excluding steroid dienone is 3. The lowest BCUT2D eigenvalue weighted by atomic mass is 9.98. The highest BCUT2D eigenvalue weighted by Crippen LogP contribution is 2.20. The van der Waals surface area contributed by atoms with Crippen molar-refractivity contribution in [2.24, 2.45) is 5.92 Å². The standard InChI is InChI=1S/C12H20N2/c1-9-5-10(2)14-12(6-9)7-11-3-4-13-8-11/h5-6,10-11,13-14H,3-4,7-8H2,1-2H3. The second-order valence-electron chi connectivity index (χ2n) is 4.58. The molecule has 0 amide bonds. The van der Waals surface area contributed by atoms with Gasteiger partial charge >= 0.3 is 0 Å². The van der Waals surface area contributed by atoms with Crippen molar-refractivity contribution in [2.45, 2.75) is 32.7 Å². The molecule has 2 rings (SSSR count). The predicted octanol–water partition coefficient (Wildman–Crippen LogP) is 1.81. The van der Waals surface area contributed by atoms with Crippen molar-refractivity contribution in [1.29, 1.82) is 0 Å². The topological polar surface area (TPSA) is 24.1 Å². The summed E-state index contributed by atoms with van der Waals surface area (Å²) in [4.78, 5) is 0. The minimum absolute atomic E-state index is 0.504. The molecular weight excluding hydrogens is 172 g/mol. The van der Waals surface area contributed by atoms with Crippen LogP contribution in [0.3, 0.4) is 0 Å². The Bertz CT molecular complexity index is 259. The molecule has 2 heteroatoms. The Labute approximate surface area is 86.5 Å². The van der Waals surface area contributed by atoms with Gasteiger partial charge in [-0.3, -0.25) is 0 Å². The summed E-state index contributed by atoms with van der Waals surface area (Å²) in [6.45, 7) is 6.78. The van der Waals surface area contributed by atoms with Gasteiger partial charge in [-0.05, 0) is 51.8 Å². The van der Waals surface area contributed by atoms with E-state index >= 15 is 0 Å². The lowest BCUT2D eigenvalue weighted by molar-refractivity contribution is 0.537. The summed E-state index contributed by atoms with van der Waals surface area (Å²) in [5.41, 5.74) is 2.82. The monoisotopic (exact) mass is 192 g/mol. The largest absolute Gasteiger partial charge is 0.382 e. The first-order valence-corrected chi connectivity index (χ1v) is 5.60. The van der Waals surface area contributed by atoms with Gasteiger partial charge in [-0.15, -0.1) is 0 Å². The van der Waals surface area contributed by atoms with E-state index in [4.69, 9.17) is 0 Å². The third-order valence-corrected chi connectivity index (χ3v) is 3.00. The molecule has 1 saturated heterocycles. The predicted molar refractivity (Wildman–Crippen MR) is 60.0 cm³/mol. The van der Waals surface area contributed by atoms with Crippen molar-refractivity contribution < 1.29 is 0 Å². The first kappa shape index (κ1) is 9.78. The summed E-state index contributed by atoms with van der Waals surface area (Å²) in [6.07, 6.45) is 7.10. The summed E-state index contributed by atoms with van der Waals surface area (Å²) in [6, 6.07) is 0.504. The van der Waals surface area contributed by atoms with E-state index in [-0.39, 0.29) is 0 Å². The molecule has 0 aliphatic carbocycles. The fourth-order valence-corrected chi connectivity index (χ4v) is 2.41. The minimum atomic E-state index is 0.504. The molecule has 2 heterocycles. The first-order valence-electron chi connectivity index (χ1n) is 5.60. The maximum Gasteiger partial charge on any atom is 0.0418 e. The molecule has 2 N–H and O–H groups in total. The van der Waals surface area contributed by atoms with Gasteiger partial charge in [-0.25, -0.2) is 0 Å². The van der Waals surface area contributed by atoms with Gasteiger partial charge in [0.1, 0.15) is 0 Å². The molecule has 78 valence electrons. The molecule has 0 radical (unpaired) electrons. The molecule has 2 atom stereocenters. The van der Waals surface area contributed by atoms with Gasteiger partial charge in [-0.1, -0.05) is 11.6 Å². The molecule has 2 unspecified atom stereocenters. The van der Waals surface area contributed by atoms with Crippen molar-refractivity contribution in [1.82, 2.24) is 10.6 Å². The van der Waals surface area contributed by atoms with E-state index in [9.17, 15) is 0 Å². The number of dihydropyridines is 1. The van der Waals surface area contributed by atoms with Gasteiger partial charge in [0.05, 0.1) is 0 Å². The highest BCUT2D eigenvalue weighted by atomic mass is 14.9. The van der Waals surface area contributed by atoms with Crippen LogP contribution in [0, 0.1) is 5.92 Å². The SMILES string of the molecule is CC1=CC(C)NC(CC2CCNC2)=C1. The maximum absolute atomic E-state index is 3.53. The maximum atomic E-state index is 3.53. The average molecular weight is 192 g/mol. The molecule has 0 saturated carbocycles. The molecule has 0 aromatic carbocycles. The van der Waals surface area contributed by atoms with E-state index in [0.29, 0.717) is 6.04 Å². The quantitative estimate of drug-likeness (QED) is 0.697. The van der Waals surface area contributed by atoms with Crippen molar-refractivity contribution in [3.05, 3.63) is 23.4 Å². The Morgan fingerprint density at radius 3 is 3.00 bits per heavy atom. The van der Waals surface area contributed by atoms with Crippen LogP contribution < -0.4 is 10.6 Å². The van der Waals surface area contributed by atoms with E-state index in [1.165, 1.54) is 37.2 Å². The number of rotatable bonds is 2. The van der Waals surface area contributed by atoms with Crippen LogP contribution in [0.2, 0.25) is 0 Å². The zero-order valence-corrected chi connectivity index (χ0v) is 9.14. The molecule has 2 aliphatic heterocycles. The Balaban J connectivity index is 1.94. The Morgan fingerprint density at radius 2 is 2.36 bits per heavy atom. The Hall–Kier alpha value is -0.760. The van der Waals surface area contributed by atoms with Gasteiger partial charge in [0.15, 0.2) is 0 Å². The van der Waals surface area contributed by atoms with Crippen molar-refractivity contribution in [3.63, 3.8) is 0 Å². The van der Waals surface area contributed by atoms with Gasteiger partial charge in [0, 0.05) is 11.7 Å². The van der Waals surface area contributed by atoms with Crippen LogP contribution in [0.4, 0.5) is 0 Å². The fraction of sp³-hybridized carbons (Fsp3) is 0.667. The summed E-state index contributed by atoms with van der Waals surface area (Å²) in [5, 5.41) is 6.95. The van der Waals surface area contributed by atoms with Crippen LogP contribution in [-0.2, 0) is 0 Å². The van der Waals surface area contributed by atoms with Crippen LogP contribution in [-0.4, -0.2) is 19.1 Å². The lowest BCUT2D eigenvalue weighted by Gasteiger charge is -2.22. The Morgan fingerprint density at radius 1 is 1.50 bits per heavy atom. The second-order valence-corrected chi connectivity index (χ2v) is 4.58. The van der Waals surface area contributed by atoms with E-state index in [0.717, 1.165) is 5.92 Å². The average Bonchev–Trinajstić information content (AvgIpc) is 2.54. The number of hydrogen-bond acceptors (Lipinski definition) is 2. The second kappa shape index (κ2) is 4.18. The molecule has 14 heavy (non-hydrogen) atoms. The number of hydrogen-bond donors (Lipinski definition) is 2. The van der Waals surface area contributed by atoms with Crippen molar-refractivity contribution in [2.75, 3.05) is 13.1 Å². The fourth-order valence-electron chi connectivity index (χ4n) is 2.41. The van der Waals surface area contributed by atoms with E-state index in [1.54, 1.807) is 0 Å². The molecule has 0 aromatic heterocycles. The van der Waals surface area contributed by atoms with Crippen molar-refractivity contribution >= 4 is 0 Å². The lowest BCUT2D eigenvalue weighted by Crippen LogP contribution is -2.28. The molecule has 2 aliphatic rings. The van der Waals surface area contributed by atoms with Crippen LogP contribution >= 0.6 is 0 Å².